The summed E-state index contributed by atoms with van der Waals surface area (Å²) in [4.78, 5) is 34.4. The molecule has 0 aliphatic carbocycles. The maximum Gasteiger partial charge on any atom is 0.316 e. The van der Waals surface area contributed by atoms with Gasteiger partial charge >= 0.3 is 5.97 Å². The van der Waals surface area contributed by atoms with E-state index in [0.717, 1.165) is 29.4 Å². The van der Waals surface area contributed by atoms with Gasteiger partial charge in [0.25, 0.3) is 5.91 Å². The van der Waals surface area contributed by atoms with Crippen molar-refractivity contribution in [2.75, 3.05) is 30.0 Å². The van der Waals surface area contributed by atoms with E-state index < -0.39 is 5.97 Å². The Hall–Kier alpha value is -2.02. The third kappa shape index (κ3) is 8.87. The predicted octanol–water partition coefficient (Wildman–Crippen LogP) is 1.74. The highest BCUT2D eigenvalue weighted by molar-refractivity contribution is 8.00. The quantitative estimate of drug-likeness (QED) is 0.670. The average molecular weight is 338 g/mol. The number of nitrogens with one attached hydrogen (secondary N) is 2. The van der Waals surface area contributed by atoms with Crippen LogP contribution in [0.3, 0.4) is 0 Å². The normalized spacial score (nSPS) is 10.0. The van der Waals surface area contributed by atoms with Crippen molar-refractivity contribution in [3.05, 3.63) is 29.8 Å². The van der Waals surface area contributed by atoms with Crippen molar-refractivity contribution in [3.63, 3.8) is 0 Å². The second-order valence-electron chi connectivity index (χ2n) is 4.92. The van der Waals surface area contributed by atoms with Crippen LogP contribution in [0.1, 0.15) is 18.9 Å². The summed E-state index contributed by atoms with van der Waals surface area (Å²) in [6.07, 6.45) is 0.825. The van der Waals surface area contributed by atoms with Gasteiger partial charge in [0.05, 0.1) is 11.5 Å². The van der Waals surface area contributed by atoms with E-state index in [0.29, 0.717) is 6.54 Å². The number of aryl methyl sites for hydroxylation is 1. The number of anilines is 1. The molecule has 126 valence electrons. The molecule has 0 saturated heterocycles. The van der Waals surface area contributed by atoms with Crippen molar-refractivity contribution in [3.8, 4) is 0 Å². The summed E-state index contributed by atoms with van der Waals surface area (Å²) in [5.74, 6) is -0.840. The summed E-state index contributed by atoms with van der Waals surface area (Å²) in [7, 11) is 0. The molecule has 0 atom stereocenters. The van der Waals surface area contributed by atoms with E-state index in [1.54, 1.807) is 0 Å². The Morgan fingerprint density at radius 1 is 1.09 bits per heavy atom. The largest absolute Gasteiger partial charge is 0.455 e. The maximum absolute atomic E-state index is 11.7. The fourth-order valence-corrected chi connectivity index (χ4v) is 2.17. The topological polar surface area (TPSA) is 84.5 Å². The van der Waals surface area contributed by atoms with Gasteiger partial charge in [0.1, 0.15) is 0 Å². The predicted molar refractivity (Wildman–Crippen MR) is 91.4 cm³/mol. The van der Waals surface area contributed by atoms with Gasteiger partial charge in [0.15, 0.2) is 6.61 Å². The van der Waals surface area contributed by atoms with Gasteiger partial charge in [-0.05, 0) is 25.5 Å². The lowest BCUT2D eigenvalue weighted by atomic mass is 10.2. The smallest absolute Gasteiger partial charge is 0.316 e. The van der Waals surface area contributed by atoms with Gasteiger partial charge in [-0.25, -0.2) is 0 Å². The Morgan fingerprint density at radius 2 is 1.78 bits per heavy atom. The van der Waals surface area contributed by atoms with Crippen molar-refractivity contribution in [2.45, 2.75) is 20.3 Å². The zero-order valence-electron chi connectivity index (χ0n) is 13.4. The minimum Gasteiger partial charge on any atom is -0.455 e. The van der Waals surface area contributed by atoms with Crippen molar-refractivity contribution < 1.29 is 19.1 Å². The van der Waals surface area contributed by atoms with Crippen LogP contribution >= 0.6 is 11.8 Å². The van der Waals surface area contributed by atoms with Crippen LogP contribution in [-0.2, 0) is 19.1 Å². The molecule has 0 radical (unpaired) electrons. The van der Waals surface area contributed by atoms with Crippen LogP contribution in [-0.4, -0.2) is 42.4 Å². The molecule has 2 amide bonds. The van der Waals surface area contributed by atoms with Crippen LogP contribution < -0.4 is 10.6 Å². The number of benzene rings is 1. The summed E-state index contributed by atoms with van der Waals surface area (Å²) in [6.45, 7) is 4.18. The molecule has 7 heteroatoms. The Balaban J connectivity index is 2.15. The number of esters is 1. The molecule has 0 aliphatic heterocycles. The third-order valence-corrected chi connectivity index (χ3v) is 3.63. The van der Waals surface area contributed by atoms with E-state index in [2.05, 4.69) is 10.6 Å². The van der Waals surface area contributed by atoms with Crippen LogP contribution in [0.25, 0.3) is 0 Å². The fourth-order valence-electron chi connectivity index (χ4n) is 1.56. The molecule has 0 unspecified atom stereocenters. The number of ether oxygens (including phenoxy) is 1. The van der Waals surface area contributed by atoms with Gasteiger partial charge in [-0.2, -0.15) is 0 Å². The molecule has 0 bridgehead atoms. The Bertz CT molecular complexity index is 531. The number of thioether (sulfide) groups is 1. The molecule has 0 heterocycles. The number of rotatable bonds is 9. The molecule has 0 aromatic heterocycles. The zero-order chi connectivity index (χ0) is 17.1. The Labute approximate surface area is 140 Å². The zero-order valence-corrected chi connectivity index (χ0v) is 14.2. The number of carbonyl (C=O) groups excluding carboxylic acids is 3. The molecule has 6 nitrogen and oxygen atoms in total. The van der Waals surface area contributed by atoms with E-state index in [-0.39, 0.29) is 29.9 Å². The van der Waals surface area contributed by atoms with E-state index in [1.807, 2.05) is 38.1 Å². The first kappa shape index (κ1) is 19.0. The van der Waals surface area contributed by atoms with Crippen LogP contribution in [0.15, 0.2) is 24.3 Å². The first-order valence-corrected chi connectivity index (χ1v) is 8.53. The van der Waals surface area contributed by atoms with Crippen LogP contribution in [0.2, 0.25) is 0 Å². The second kappa shape index (κ2) is 10.7. The second-order valence-corrected chi connectivity index (χ2v) is 5.90. The molecule has 2 N–H and O–H groups in total. The van der Waals surface area contributed by atoms with Gasteiger partial charge in [0, 0.05) is 12.2 Å². The van der Waals surface area contributed by atoms with E-state index in [1.165, 1.54) is 0 Å². The highest BCUT2D eigenvalue weighted by Crippen LogP contribution is 2.09. The molecular weight excluding hydrogens is 316 g/mol. The first-order valence-electron chi connectivity index (χ1n) is 7.38. The number of amides is 2. The fraction of sp³-hybridized carbons (Fsp3) is 0.438. The van der Waals surface area contributed by atoms with Crippen molar-refractivity contribution in [1.29, 1.82) is 0 Å². The lowest BCUT2D eigenvalue weighted by Crippen LogP contribution is -2.29. The average Bonchev–Trinajstić information content (AvgIpc) is 2.53. The number of carbonyl (C=O) groups is 3. The lowest BCUT2D eigenvalue weighted by Gasteiger charge is -2.06. The monoisotopic (exact) mass is 338 g/mol. The van der Waals surface area contributed by atoms with Gasteiger partial charge < -0.3 is 15.4 Å². The van der Waals surface area contributed by atoms with Gasteiger partial charge in [-0.3, -0.25) is 14.4 Å². The molecule has 23 heavy (non-hydrogen) atoms. The maximum atomic E-state index is 11.7. The third-order valence-electron chi connectivity index (χ3n) is 2.72. The van der Waals surface area contributed by atoms with Crippen molar-refractivity contribution >= 4 is 35.2 Å². The number of hydrogen-bond donors (Lipinski definition) is 2. The van der Waals surface area contributed by atoms with E-state index in [4.69, 9.17) is 4.74 Å². The minimum absolute atomic E-state index is 0.0301. The molecule has 0 aliphatic rings. The molecule has 0 fully saturated rings. The molecule has 0 spiro atoms. The summed E-state index contributed by atoms with van der Waals surface area (Å²) >= 11 is 1.14. The van der Waals surface area contributed by atoms with Crippen LogP contribution in [0, 0.1) is 6.92 Å². The van der Waals surface area contributed by atoms with Crippen LogP contribution in [0.5, 0.6) is 0 Å². The minimum atomic E-state index is -0.509. The summed E-state index contributed by atoms with van der Waals surface area (Å²) in [5.41, 5.74) is 1.83. The van der Waals surface area contributed by atoms with Gasteiger partial charge in [0.2, 0.25) is 5.91 Å². The van der Waals surface area contributed by atoms with Gasteiger partial charge in [-0.1, -0.05) is 24.6 Å². The lowest BCUT2D eigenvalue weighted by molar-refractivity contribution is -0.145. The van der Waals surface area contributed by atoms with E-state index >= 15 is 0 Å². The Kier molecular flexibility index (Phi) is 8.82. The van der Waals surface area contributed by atoms with Crippen molar-refractivity contribution in [1.82, 2.24) is 5.32 Å². The molecule has 0 saturated carbocycles. The SMILES string of the molecule is CCCNC(=O)COC(=O)CSCC(=O)Nc1ccc(C)cc1. The molecular formula is C16H22N2O4S. The summed E-state index contributed by atoms with van der Waals surface area (Å²) < 4.78 is 4.81. The Morgan fingerprint density at radius 3 is 2.43 bits per heavy atom. The highest BCUT2D eigenvalue weighted by Gasteiger charge is 2.09. The molecule has 1 aromatic carbocycles. The van der Waals surface area contributed by atoms with Gasteiger partial charge in [-0.15, -0.1) is 11.8 Å². The van der Waals surface area contributed by atoms with Crippen LogP contribution in [0.4, 0.5) is 5.69 Å². The number of hydrogen-bond acceptors (Lipinski definition) is 5. The standard InChI is InChI=1S/C16H22N2O4S/c1-3-8-17-14(19)9-22-16(21)11-23-10-15(20)18-13-6-4-12(2)5-7-13/h4-7H,3,8-11H2,1-2H3,(H,17,19)(H,18,20). The van der Waals surface area contributed by atoms with E-state index in [9.17, 15) is 14.4 Å². The van der Waals surface area contributed by atoms with Crippen molar-refractivity contribution in [2.24, 2.45) is 0 Å². The molecule has 1 aromatic rings. The summed E-state index contributed by atoms with van der Waals surface area (Å²) in [6, 6.07) is 7.45. The molecule has 1 rings (SSSR count). The highest BCUT2D eigenvalue weighted by atomic mass is 32.2. The summed E-state index contributed by atoms with van der Waals surface area (Å²) in [5, 5.41) is 5.35. The first-order chi connectivity index (χ1) is 11.0.